The summed E-state index contributed by atoms with van der Waals surface area (Å²) >= 11 is 1.45. The number of esters is 1. The third kappa shape index (κ3) is 6.13. The van der Waals surface area contributed by atoms with Gasteiger partial charge >= 0.3 is 5.97 Å². The lowest BCUT2D eigenvalue weighted by atomic mass is 10.1. The highest BCUT2D eigenvalue weighted by Gasteiger charge is 2.26. The number of nitrogens with one attached hydrogen (secondary N) is 1. The van der Waals surface area contributed by atoms with Crippen molar-refractivity contribution in [2.75, 3.05) is 12.4 Å². The molecule has 1 heterocycles. The fourth-order valence-electron chi connectivity index (χ4n) is 3.61. The number of methoxy groups -OCH3 is 1. The number of carbonyl (C=O) groups is 2. The van der Waals surface area contributed by atoms with Crippen LogP contribution >= 0.6 is 11.3 Å². The van der Waals surface area contributed by atoms with E-state index in [-0.39, 0.29) is 6.42 Å². The number of carbonyl (C=O) groups excluding carboxylic acids is 2. The monoisotopic (exact) mass is 486 g/mol. The Morgan fingerprint density at radius 1 is 0.943 bits per heavy atom. The van der Waals surface area contributed by atoms with Crippen LogP contribution in [-0.4, -0.2) is 24.0 Å². The van der Waals surface area contributed by atoms with E-state index in [9.17, 15) is 9.59 Å². The molecule has 0 spiro atoms. The second-order valence-corrected chi connectivity index (χ2v) is 9.33. The molecule has 1 atom stereocenters. The smallest absolute Gasteiger partial charge is 0.312 e. The van der Waals surface area contributed by atoms with Gasteiger partial charge in [0, 0.05) is 21.7 Å². The van der Waals surface area contributed by atoms with Crippen LogP contribution in [0.1, 0.15) is 27.1 Å². The molecular formula is C28H26N2O4S. The lowest BCUT2D eigenvalue weighted by molar-refractivity contribution is -0.154. The van der Waals surface area contributed by atoms with Gasteiger partial charge in [-0.1, -0.05) is 60.2 Å². The molecule has 1 aromatic heterocycles. The highest BCUT2D eigenvalue weighted by Crippen LogP contribution is 2.30. The summed E-state index contributed by atoms with van der Waals surface area (Å²) in [5.41, 5.74) is 4.02. The van der Waals surface area contributed by atoms with E-state index in [2.05, 4.69) is 10.3 Å². The average molecular weight is 487 g/mol. The van der Waals surface area contributed by atoms with Gasteiger partial charge in [0.2, 0.25) is 6.10 Å². The van der Waals surface area contributed by atoms with E-state index >= 15 is 0 Å². The molecule has 0 saturated carbocycles. The summed E-state index contributed by atoms with van der Waals surface area (Å²) in [4.78, 5) is 31.6. The Bertz CT molecular complexity index is 1300. The fourth-order valence-corrected chi connectivity index (χ4v) is 4.56. The first-order chi connectivity index (χ1) is 16.9. The van der Waals surface area contributed by atoms with Gasteiger partial charge in [0.1, 0.15) is 5.75 Å². The van der Waals surface area contributed by atoms with Gasteiger partial charge in [-0.15, -0.1) is 11.3 Å². The molecule has 1 N–H and O–H groups in total. The van der Waals surface area contributed by atoms with E-state index in [1.54, 1.807) is 55.6 Å². The molecule has 6 nitrogen and oxygen atoms in total. The first-order valence-electron chi connectivity index (χ1n) is 11.2. The summed E-state index contributed by atoms with van der Waals surface area (Å²) in [6.07, 6.45) is -1.07. The summed E-state index contributed by atoms with van der Waals surface area (Å²) < 4.78 is 10.9. The maximum atomic E-state index is 13.2. The molecule has 35 heavy (non-hydrogen) atoms. The van der Waals surface area contributed by atoms with Crippen molar-refractivity contribution in [3.63, 3.8) is 0 Å². The maximum absolute atomic E-state index is 13.2. The van der Waals surface area contributed by atoms with Gasteiger partial charge < -0.3 is 14.8 Å². The zero-order valence-corrected chi connectivity index (χ0v) is 20.6. The summed E-state index contributed by atoms with van der Waals surface area (Å²) in [6, 6.07) is 24.0. The summed E-state index contributed by atoms with van der Waals surface area (Å²) in [7, 11) is 1.58. The van der Waals surface area contributed by atoms with E-state index in [4.69, 9.17) is 9.47 Å². The van der Waals surface area contributed by atoms with Gasteiger partial charge in [-0.05, 0) is 38.1 Å². The predicted octanol–water partition coefficient (Wildman–Crippen LogP) is 5.90. The van der Waals surface area contributed by atoms with E-state index in [1.165, 1.54) is 11.3 Å². The number of hydrogen-bond donors (Lipinski definition) is 1. The molecule has 0 aliphatic heterocycles. The van der Waals surface area contributed by atoms with Crippen LogP contribution in [0.3, 0.4) is 0 Å². The first kappa shape index (κ1) is 24.2. The Morgan fingerprint density at radius 3 is 2.29 bits per heavy atom. The molecule has 0 aliphatic rings. The molecule has 3 aromatic carbocycles. The highest BCUT2D eigenvalue weighted by molar-refractivity contribution is 7.12. The number of hydrogen-bond acceptors (Lipinski definition) is 6. The van der Waals surface area contributed by atoms with Crippen LogP contribution in [0, 0.1) is 13.8 Å². The molecule has 7 heteroatoms. The summed E-state index contributed by atoms with van der Waals surface area (Å²) in [5.74, 6) is -0.257. The zero-order chi connectivity index (χ0) is 24.8. The second-order valence-electron chi connectivity index (χ2n) is 8.05. The van der Waals surface area contributed by atoms with Gasteiger partial charge in [-0.3, -0.25) is 9.59 Å². The molecule has 0 saturated heterocycles. The molecule has 1 unspecified atom stereocenters. The standard InChI is InChI=1S/C28H26N2O4S/c1-18-9-11-20(12-10-18)26-24(35-19(2)29-26)17-25(31)34-27(21-7-5-4-6-8-21)28(32)30-22-13-15-23(33-3)16-14-22/h4-16,27H,17H2,1-3H3,(H,30,32). The minimum Gasteiger partial charge on any atom is -0.497 e. The Balaban J connectivity index is 1.53. The average Bonchev–Trinajstić information content (AvgIpc) is 3.23. The number of thiazole rings is 1. The van der Waals surface area contributed by atoms with E-state index < -0.39 is 18.0 Å². The quantitative estimate of drug-likeness (QED) is 0.314. The van der Waals surface area contributed by atoms with Gasteiger partial charge in [-0.25, -0.2) is 4.98 Å². The van der Waals surface area contributed by atoms with Crippen LogP contribution in [0.15, 0.2) is 78.9 Å². The van der Waals surface area contributed by atoms with Crippen molar-refractivity contribution in [1.82, 2.24) is 4.98 Å². The van der Waals surface area contributed by atoms with E-state index in [0.717, 1.165) is 26.7 Å². The number of aryl methyl sites for hydroxylation is 2. The largest absolute Gasteiger partial charge is 0.497 e. The second kappa shape index (κ2) is 11.0. The number of ether oxygens (including phenoxy) is 2. The lowest BCUT2D eigenvalue weighted by Crippen LogP contribution is -2.26. The topological polar surface area (TPSA) is 77.5 Å². The van der Waals surface area contributed by atoms with Crippen molar-refractivity contribution >= 4 is 28.9 Å². The van der Waals surface area contributed by atoms with Gasteiger partial charge in [0.15, 0.2) is 0 Å². The Labute approximate surface area is 208 Å². The molecule has 1 amide bonds. The van der Waals surface area contributed by atoms with Crippen molar-refractivity contribution in [1.29, 1.82) is 0 Å². The Hall–Kier alpha value is -3.97. The van der Waals surface area contributed by atoms with Crippen LogP contribution in [0.25, 0.3) is 11.3 Å². The van der Waals surface area contributed by atoms with Crippen molar-refractivity contribution in [3.8, 4) is 17.0 Å². The molecular weight excluding hydrogens is 460 g/mol. The molecule has 178 valence electrons. The summed E-state index contributed by atoms with van der Waals surface area (Å²) in [5, 5.41) is 3.69. The third-order valence-corrected chi connectivity index (χ3v) is 6.35. The molecule has 0 fully saturated rings. The number of aromatic nitrogens is 1. The minimum atomic E-state index is -1.09. The third-order valence-electron chi connectivity index (χ3n) is 5.38. The SMILES string of the molecule is COc1ccc(NC(=O)C(OC(=O)Cc2sc(C)nc2-c2ccc(C)cc2)c2ccccc2)cc1. The van der Waals surface area contributed by atoms with Crippen molar-refractivity contribution in [2.24, 2.45) is 0 Å². The van der Waals surface area contributed by atoms with Crippen LogP contribution in [0.5, 0.6) is 5.75 Å². The van der Waals surface area contributed by atoms with Crippen molar-refractivity contribution < 1.29 is 19.1 Å². The van der Waals surface area contributed by atoms with Crippen molar-refractivity contribution in [2.45, 2.75) is 26.4 Å². The van der Waals surface area contributed by atoms with Crippen LogP contribution < -0.4 is 10.1 Å². The van der Waals surface area contributed by atoms with Gasteiger partial charge in [-0.2, -0.15) is 0 Å². The lowest BCUT2D eigenvalue weighted by Gasteiger charge is -2.18. The molecule has 0 radical (unpaired) electrons. The Kier molecular flexibility index (Phi) is 7.57. The van der Waals surface area contributed by atoms with Crippen LogP contribution in [0.2, 0.25) is 0 Å². The maximum Gasteiger partial charge on any atom is 0.312 e. The highest BCUT2D eigenvalue weighted by atomic mass is 32.1. The first-order valence-corrected chi connectivity index (χ1v) is 12.0. The van der Waals surface area contributed by atoms with E-state index in [0.29, 0.717) is 17.0 Å². The molecule has 0 aliphatic carbocycles. The summed E-state index contributed by atoms with van der Waals surface area (Å²) in [6.45, 7) is 3.93. The molecule has 4 aromatic rings. The predicted molar refractivity (Wildman–Crippen MR) is 138 cm³/mol. The van der Waals surface area contributed by atoms with Gasteiger partial charge in [0.25, 0.3) is 5.91 Å². The Morgan fingerprint density at radius 2 is 1.63 bits per heavy atom. The zero-order valence-electron chi connectivity index (χ0n) is 19.8. The fraction of sp³-hybridized carbons (Fsp3) is 0.179. The number of rotatable bonds is 8. The van der Waals surface area contributed by atoms with Crippen LogP contribution in [0.4, 0.5) is 5.69 Å². The van der Waals surface area contributed by atoms with Gasteiger partial charge in [0.05, 0.1) is 24.2 Å². The number of nitrogens with zero attached hydrogens (tertiary/aromatic N) is 1. The number of benzene rings is 3. The number of anilines is 1. The van der Waals surface area contributed by atoms with Crippen LogP contribution in [-0.2, 0) is 20.7 Å². The normalized spacial score (nSPS) is 11.5. The van der Waals surface area contributed by atoms with Crippen molar-refractivity contribution in [3.05, 3.63) is 99.9 Å². The van der Waals surface area contributed by atoms with E-state index in [1.807, 2.05) is 44.2 Å². The molecule has 4 rings (SSSR count). The molecule has 0 bridgehead atoms. The number of amides is 1. The minimum absolute atomic E-state index is 0.0217.